The Kier molecular flexibility index (Phi) is 6.28. The molecule has 0 radical (unpaired) electrons. The molecule has 4 aliphatic rings. The second kappa shape index (κ2) is 8.29. The Hall–Kier alpha value is -0.650. The molecule has 4 aliphatic carbocycles. The van der Waals surface area contributed by atoms with Gasteiger partial charge in [-0.15, -0.1) is 0 Å². The number of aliphatic carboxylic acids is 1. The highest BCUT2D eigenvalue weighted by atomic mass is 16.5. The van der Waals surface area contributed by atoms with Gasteiger partial charge >= 0.3 is 5.97 Å². The lowest BCUT2D eigenvalue weighted by Gasteiger charge is -2.64. The minimum absolute atomic E-state index is 0.0219. The van der Waals surface area contributed by atoms with Gasteiger partial charge in [-0.3, -0.25) is 4.79 Å². The van der Waals surface area contributed by atoms with Crippen molar-refractivity contribution in [3.05, 3.63) is 0 Å². The zero-order valence-electron chi connectivity index (χ0n) is 20.1. The van der Waals surface area contributed by atoms with Gasteiger partial charge in [0, 0.05) is 12.5 Å². The lowest BCUT2D eigenvalue weighted by Crippen LogP contribution is -2.62. The second-order valence-electron chi connectivity index (χ2n) is 12.2. The van der Waals surface area contributed by atoms with E-state index in [2.05, 4.69) is 20.8 Å². The maximum atomic E-state index is 11.5. The summed E-state index contributed by atoms with van der Waals surface area (Å²) in [4.78, 5) is 11.5. The number of rotatable bonds is 5. The molecule has 0 aliphatic heterocycles. The van der Waals surface area contributed by atoms with Crippen molar-refractivity contribution in [2.24, 2.45) is 52.3 Å². The molecule has 1 unspecified atom stereocenters. The SMILES string of the molecule is CO[C@H]1C[C@H]2[C@@H]([C@@H](O)C[C@@H]3C[C@H](O)CC[C@@]32C)[C@@H]2CC[C@H]([C@H](C)CC(C)C(=O)O)[C@@]12C. The smallest absolute Gasteiger partial charge is 0.306 e. The van der Waals surface area contributed by atoms with Gasteiger partial charge in [-0.25, -0.2) is 0 Å². The van der Waals surface area contributed by atoms with Gasteiger partial charge in [0.1, 0.15) is 0 Å². The highest BCUT2D eigenvalue weighted by Crippen LogP contribution is 2.68. The summed E-state index contributed by atoms with van der Waals surface area (Å²) in [5, 5.41) is 31.1. The summed E-state index contributed by atoms with van der Waals surface area (Å²) >= 11 is 0. The highest BCUT2D eigenvalue weighted by Gasteiger charge is 2.66. The Morgan fingerprint density at radius 2 is 1.77 bits per heavy atom. The summed E-state index contributed by atoms with van der Waals surface area (Å²) in [6.07, 6.45) is 7.06. The van der Waals surface area contributed by atoms with Crippen LogP contribution in [0.15, 0.2) is 0 Å². The number of ether oxygens (including phenoxy) is 1. The first kappa shape index (κ1) is 23.5. The van der Waals surface area contributed by atoms with Crippen LogP contribution in [0.3, 0.4) is 0 Å². The molecular weight excluding hydrogens is 392 g/mol. The van der Waals surface area contributed by atoms with E-state index in [9.17, 15) is 20.1 Å². The van der Waals surface area contributed by atoms with Crippen LogP contribution in [0.4, 0.5) is 0 Å². The fourth-order valence-electron chi connectivity index (χ4n) is 9.28. The standard InChI is InChI=1S/C26H44O5/c1-14(10-15(2)24(29)30)18-6-7-19-23-20(13-22(31-5)26(18,19)4)25(3)9-8-17(27)11-16(25)12-21(23)28/h14-23,27-28H,6-13H2,1-5H3,(H,29,30)/t14-,15?,16+,17-,18-,19+,20+,21+,22+,23+,25+,26-/m1/s1. The first-order valence-electron chi connectivity index (χ1n) is 12.7. The summed E-state index contributed by atoms with van der Waals surface area (Å²) in [6, 6.07) is 0. The molecule has 0 spiro atoms. The van der Waals surface area contributed by atoms with Crippen LogP contribution in [0.25, 0.3) is 0 Å². The van der Waals surface area contributed by atoms with Gasteiger partial charge in [-0.05, 0) is 92.3 Å². The summed E-state index contributed by atoms with van der Waals surface area (Å²) in [6.45, 7) is 8.86. The maximum absolute atomic E-state index is 11.5. The minimum atomic E-state index is -0.709. The molecule has 4 saturated carbocycles. The molecule has 0 aromatic rings. The number of aliphatic hydroxyl groups is 2. The summed E-state index contributed by atoms with van der Waals surface area (Å²) in [5.74, 6) is 1.25. The molecular formula is C26H44O5. The third kappa shape index (κ3) is 3.58. The van der Waals surface area contributed by atoms with Gasteiger partial charge in [0.25, 0.3) is 0 Å². The predicted molar refractivity (Wildman–Crippen MR) is 119 cm³/mol. The van der Waals surface area contributed by atoms with E-state index >= 15 is 0 Å². The molecule has 0 heterocycles. The van der Waals surface area contributed by atoms with E-state index in [1.165, 1.54) is 0 Å². The van der Waals surface area contributed by atoms with Crippen LogP contribution in [0, 0.1) is 52.3 Å². The molecule has 178 valence electrons. The van der Waals surface area contributed by atoms with Gasteiger partial charge in [-0.1, -0.05) is 27.7 Å². The fourth-order valence-corrected chi connectivity index (χ4v) is 9.28. The van der Waals surface area contributed by atoms with Crippen LogP contribution in [0.2, 0.25) is 0 Å². The van der Waals surface area contributed by atoms with E-state index in [0.717, 1.165) is 44.9 Å². The van der Waals surface area contributed by atoms with Gasteiger partial charge in [0.15, 0.2) is 0 Å². The molecule has 0 aromatic carbocycles. The number of carboxylic acids is 1. The van der Waals surface area contributed by atoms with Crippen molar-refractivity contribution in [3.63, 3.8) is 0 Å². The van der Waals surface area contributed by atoms with Crippen LogP contribution in [-0.2, 0) is 9.53 Å². The molecule has 5 heteroatoms. The van der Waals surface area contributed by atoms with Crippen molar-refractivity contribution in [2.75, 3.05) is 7.11 Å². The molecule has 5 nitrogen and oxygen atoms in total. The third-order valence-electron chi connectivity index (χ3n) is 10.9. The second-order valence-corrected chi connectivity index (χ2v) is 12.2. The quantitative estimate of drug-likeness (QED) is 0.596. The number of fused-ring (bicyclic) bond motifs is 5. The van der Waals surface area contributed by atoms with Crippen molar-refractivity contribution < 1.29 is 24.9 Å². The number of methoxy groups -OCH3 is 1. The Morgan fingerprint density at radius 1 is 1.06 bits per heavy atom. The van der Waals surface area contributed by atoms with Crippen LogP contribution >= 0.6 is 0 Å². The van der Waals surface area contributed by atoms with E-state index in [1.54, 1.807) is 0 Å². The molecule has 4 rings (SSSR count). The zero-order chi connectivity index (χ0) is 22.7. The molecule has 0 saturated heterocycles. The van der Waals surface area contributed by atoms with Crippen LogP contribution in [0.1, 0.15) is 79.1 Å². The van der Waals surface area contributed by atoms with Crippen LogP contribution in [0.5, 0.6) is 0 Å². The van der Waals surface area contributed by atoms with Crippen molar-refractivity contribution in [2.45, 2.75) is 97.4 Å². The molecule has 4 fully saturated rings. The summed E-state index contributed by atoms with van der Waals surface area (Å²) in [7, 11) is 1.84. The van der Waals surface area contributed by atoms with E-state index in [4.69, 9.17) is 4.74 Å². The molecule has 31 heavy (non-hydrogen) atoms. The molecule has 3 N–H and O–H groups in total. The Labute approximate surface area is 187 Å². The molecule has 0 bridgehead atoms. The molecule has 0 aromatic heterocycles. The van der Waals surface area contributed by atoms with Crippen molar-refractivity contribution in [1.29, 1.82) is 0 Å². The third-order valence-corrected chi connectivity index (χ3v) is 10.9. The first-order chi connectivity index (χ1) is 14.5. The zero-order valence-corrected chi connectivity index (χ0v) is 20.1. The monoisotopic (exact) mass is 436 g/mol. The average molecular weight is 437 g/mol. The molecule has 12 atom stereocenters. The van der Waals surface area contributed by atoms with Crippen molar-refractivity contribution in [1.82, 2.24) is 0 Å². The van der Waals surface area contributed by atoms with Gasteiger partial charge in [0.2, 0.25) is 0 Å². The normalized spacial score (nSPS) is 51.3. The van der Waals surface area contributed by atoms with Crippen molar-refractivity contribution >= 4 is 5.97 Å². The Morgan fingerprint density at radius 3 is 2.42 bits per heavy atom. The van der Waals surface area contributed by atoms with E-state index < -0.39 is 5.97 Å². The van der Waals surface area contributed by atoms with Gasteiger partial charge < -0.3 is 20.1 Å². The maximum Gasteiger partial charge on any atom is 0.306 e. The number of carbonyl (C=O) groups is 1. The topological polar surface area (TPSA) is 87.0 Å². The summed E-state index contributed by atoms with van der Waals surface area (Å²) < 4.78 is 6.22. The van der Waals surface area contributed by atoms with E-state index in [1.807, 2.05) is 14.0 Å². The lowest BCUT2D eigenvalue weighted by atomic mass is 9.43. The number of aliphatic hydroxyl groups excluding tert-OH is 2. The van der Waals surface area contributed by atoms with E-state index in [-0.39, 0.29) is 35.1 Å². The van der Waals surface area contributed by atoms with Gasteiger partial charge in [-0.2, -0.15) is 0 Å². The highest BCUT2D eigenvalue weighted by molar-refractivity contribution is 5.69. The van der Waals surface area contributed by atoms with Gasteiger partial charge in [0.05, 0.1) is 24.2 Å². The van der Waals surface area contributed by atoms with E-state index in [0.29, 0.717) is 41.9 Å². The van der Waals surface area contributed by atoms with Crippen molar-refractivity contribution in [3.8, 4) is 0 Å². The Bertz CT molecular complexity index is 681. The number of carboxylic acid groups (broad SMARTS) is 1. The fraction of sp³-hybridized carbons (Fsp3) is 0.962. The van der Waals surface area contributed by atoms with Crippen LogP contribution in [-0.4, -0.2) is 46.7 Å². The largest absolute Gasteiger partial charge is 0.481 e. The Balaban J connectivity index is 1.64. The average Bonchev–Trinajstić information content (AvgIpc) is 3.06. The minimum Gasteiger partial charge on any atom is -0.481 e. The van der Waals surface area contributed by atoms with Crippen LogP contribution < -0.4 is 0 Å². The lowest BCUT2D eigenvalue weighted by molar-refractivity contribution is -0.212. The first-order valence-corrected chi connectivity index (χ1v) is 12.7. The molecule has 0 amide bonds. The predicted octanol–water partition coefficient (Wildman–Crippen LogP) is 4.35. The number of hydrogen-bond acceptors (Lipinski definition) is 4. The summed E-state index contributed by atoms with van der Waals surface area (Å²) in [5.41, 5.74) is 0.147. The number of hydrogen-bond donors (Lipinski definition) is 3.